The minimum absolute atomic E-state index is 0.0925. The van der Waals surface area contributed by atoms with Crippen LogP contribution in [0.1, 0.15) is 21.5 Å². The van der Waals surface area contributed by atoms with Crippen molar-refractivity contribution in [3.63, 3.8) is 0 Å². The summed E-state index contributed by atoms with van der Waals surface area (Å²) < 4.78 is 11.3. The van der Waals surface area contributed by atoms with Crippen molar-refractivity contribution in [1.82, 2.24) is 0 Å². The molecule has 20 heavy (non-hydrogen) atoms. The van der Waals surface area contributed by atoms with E-state index in [1.807, 2.05) is 19.1 Å². The lowest BCUT2D eigenvalue weighted by Gasteiger charge is -2.10. The lowest BCUT2D eigenvalue weighted by molar-refractivity contribution is 0.103. The van der Waals surface area contributed by atoms with Gasteiger partial charge < -0.3 is 9.47 Å². The van der Waals surface area contributed by atoms with Gasteiger partial charge in [-0.15, -0.1) is 0 Å². The number of carbonyl (C=O) groups is 1. The van der Waals surface area contributed by atoms with Gasteiger partial charge in [-0.2, -0.15) is 0 Å². The van der Waals surface area contributed by atoms with E-state index in [4.69, 9.17) is 9.47 Å². The van der Waals surface area contributed by atoms with Gasteiger partial charge in [-0.05, 0) is 48.9 Å². The molecule has 0 saturated heterocycles. The molecule has 0 amide bonds. The first kappa shape index (κ1) is 14.6. The van der Waals surface area contributed by atoms with Gasteiger partial charge in [0.1, 0.15) is 11.5 Å². The van der Waals surface area contributed by atoms with Crippen LogP contribution in [0.4, 0.5) is 0 Å². The molecule has 0 N–H and O–H groups in total. The number of carbonyl (C=O) groups excluding carboxylic acids is 1. The minimum atomic E-state index is -0.0925. The Kier molecular flexibility index (Phi) is 4.45. The SMILES string of the molecule is COc1ccc(OC)c(C(=O)c2cc(C)cc(Br)c2)c1. The Morgan fingerprint density at radius 3 is 2.40 bits per heavy atom. The van der Waals surface area contributed by atoms with E-state index in [9.17, 15) is 4.79 Å². The highest BCUT2D eigenvalue weighted by atomic mass is 79.9. The highest BCUT2D eigenvalue weighted by Gasteiger charge is 2.16. The smallest absolute Gasteiger partial charge is 0.196 e. The van der Waals surface area contributed by atoms with Crippen molar-refractivity contribution in [3.8, 4) is 11.5 Å². The molecule has 104 valence electrons. The van der Waals surface area contributed by atoms with E-state index in [-0.39, 0.29) is 5.78 Å². The van der Waals surface area contributed by atoms with Crippen molar-refractivity contribution in [2.45, 2.75) is 6.92 Å². The third-order valence-electron chi connectivity index (χ3n) is 2.96. The molecule has 0 spiro atoms. The number of methoxy groups -OCH3 is 2. The van der Waals surface area contributed by atoms with Gasteiger partial charge in [-0.25, -0.2) is 0 Å². The fourth-order valence-electron chi connectivity index (χ4n) is 2.01. The van der Waals surface area contributed by atoms with Gasteiger partial charge in [0.05, 0.1) is 19.8 Å². The number of aryl methyl sites for hydroxylation is 1. The molecule has 0 saturated carbocycles. The van der Waals surface area contributed by atoms with Crippen LogP contribution in [0.2, 0.25) is 0 Å². The molecule has 0 aliphatic carbocycles. The summed E-state index contributed by atoms with van der Waals surface area (Å²) in [6, 6.07) is 10.8. The van der Waals surface area contributed by atoms with E-state index in [1.54, 1.807) is 38.5 Å². The van der Waals surface area contributed by atoms with Crippen LogP contribution < -0.4 is 9.47 Å². The number of ether oxygens (including phenoxy) is 2. The molecule has 0 bridgehead atoms. The number of rotatable bonds is 4. The Balaban J connectivity index is 2.51. The van der Waals surface area contributed by atoms with E-state index in [1.165, 1.54) is 0 Å². The average Bonchev–Trinajstić information content (AvgIpc) is 2.44. The quantitative estimate of drug-likeness (QED) is 0.792. The highest BCUT2D eigenvalue weighted by molar-refractivity contribution is 9.10. The number of hydrogen-bond acceptors (Lipinski definition) is 3. The Bertz CT molecular complexity index is 630. The second-order valence-electron chi connectivity index (χ2n) is 4.41. The van der Waals surface area contributed by atoms with Crippen LogP contribution in [-0.2, 0) is 0 Å². The summed E-state index contributed by atoms with van der Waals surface area (Å²) in [5.41, 5.74) is 2.12. The summed E-state index contributed by atoms with van der Waals surface area (Å²) in [5, 5.41) is 0. The zero-order chi connectivity index (χ0) is 14.7. The molecule has 0 unspecified atom stereocenters. The zero-order valence-electron chi connectivity index (χ0n) is 11.6. The van der Waals surface area contributed by atoms with Gasteiger partial charge in [0.2, 0.25) is 0 Å². The van der Waals surface area contributed by atoms with Crippen molar-refractivity contribution in [3.05, 3.63) is 57.6 Å². The fraction of sp³-hybridized carbons (Fsp3) is 0.188. The van der Waals surface area contributed by atoms with Gasteiger partial charge >= 0.3 is 0 Å². The molecule has 4 heteroatoms. The maximum Gasteiger partial charge on any atom is 0.196 e. The summed E-state index contributed by atoms with van der Waals surface area (Å²) >= 11 is 3.41. The molecule has 0 fully saturated rings. The number of ketones is 1. The van der Waals surface area contributed by atoms with Crippen LogP contribution in [0.3, 0.4) is 0 Å². The van der Waals surface area contributed by atoms with E-state index in [0.717, 1.165) is 10.0 Å². The maximum atomic E-state index is 12.6. The average molecular weight is 335 g/mol. The van der Waals surface area contributed by atoms with Crippen molar-refractivity contribution in [2.75, 3.05) is 14.2 Å². The molecule has 2 rings (SSSR count). The first-order chi connectivity index (χ1) is 9.55. The van der Waals surface area contributed by atoms with E-state index in [2.05, 4.69) is 15.9 Å². The molecule has 0 atom stereocenters. The molecule has 2 aromatic rings. The third-order valence-corrected chi connectivity index (χ3v) is 3.41. The molecular formula is C16H15BrO3. The van der Waals surface area contributed by atoms with Crippen molar-refractivity contribution in [2.24, 2.45) is 0 Å². The highest BCUT2D eigenvalue weighted by Crippen LogP contribution is 2.27. The summed E-state index contributed by atoms with van der Waals surface area (Å²) in [7, 11) is 3.12. The molecule has 0 aliphatic rings. The molecular weight excluding hydrogens is 320 g/mol. The van der Waals surface area contributed by atoms with Crippen molar-refractivity contribution >= 4 is 21.7 Å². The predicted octanol–water partition coefficient (Wildman–Crippen LogP) is 4.01. The Morgan fingerprint density at radius 1 is 1.05 bits per heavy atom. The minimum Gasteiger partial charge on any atom is -0.497 e. The summed E-state index contributed by atoms with van der Waals surface area (Å²) in [6.45, 7) is 1.95. The van der Waals surface area contributed by atoms with E-state index in [0.29, 0.717) is 22.6 Å². The topological polar surface area (TPSA) is 35.5 Å². The Morgan fingerprint density at radius 2 is 1.80 bits per heavy atom. The molecule has 2 aromatic carbocycles. The molecule has 0 aliphatic heterocycles. The monoisotopic (exact) mass is 334 g/mol. The third kappa shape index (κ3) is 3.02. The van der Waals surface area contributed by atoms with Crippen molar-refractivity contribution < 1.29 is 14.3 Å². The van der Waals surface area contributed by atoms with Crippen LogP contribution in [0.25, 0.3) is 0 Å². The maximum absolute atomic E-state index is 12.6. The fourth-order valence-corrected chi connectivity index (χ4v) is 2.62. The van der Waals surface area contributed by atoms with Gasteiger partial charge in [-0.3, -0.25) is 4.79 Å². The van der Waals surface area contributed by atoms with Gasteiger partial charge in [-0.1, -0.05) is 15.9 Å². The van der Waals surface area contributed by atoms with E-state index >= 15 is 0 Å². The van der Waals surface area contributed by atoms with Crippen LogP contribution in [0.15, 0.2) is 40.9 Å². The molecule has 0 aromatic heterocycles. The van der Waals surface area contributed by atoms with Gasteiger partial charge in [0.15, 0.2) is 5.78 Å². The van der Waals surface area contributed by atoms with Crippen LogP contribution in [0.5, 0.6) is 11.5 Å². The largest absolute Gasteiger partial charge is 0.497 e. The molecule has 0 heterocycles. The number of hydrogen-bond donors (Lipinski definition) is 0. The normalized spacial score (nSPS) is 10.2. The van der Waals surface area contributed by atoms with Crippen LogP contribution >= 0.6 is 15.9 Å². The second-order valence-corrected chi connectivity index (χ2v) is 5.33. The summed E-state index contributed by atoms with van der Waals surface area (Å²) in [6.07, 6.45) is 0. The predicted molar refractivity (Wildman–Crippen MR) is 81.9 cm³/mol. The standard InChI is InChI=1S/C16H15BrO3/c1-10-6-11(8-12(17)7-10)16(18)14-9-13(19-2)4-5-15(14)20-3/h4-9H,1-3H3. The number of benzene rings is 2. The number of halogens is 1. The summed E-state index contributed by atoms with van der Waals surface area (Å²) in [4.78, 5) is 12.6. The Hall–Kier alpha value is -1.81. The van der Waals surface area contributed by atoms with Crippen molar-refractivity contribution in [1.29, 1.82) is 0 Å². The van der Waals surface area contributed by atoms with Gasteiger partial charge in [0, 0.05) is 10.0 Å². The zero-order valence-corrected chi connectivity index (χ0v) is 13.2. The first-order valence-corrected chi connectivity index (χ1v) is 6.88. The first-order valence-electron chi connectivity index (χ1n) is 6.09. The lowest BCUT2D eigenvalue weighted by atomic mass is 10.0. The van der Waals surface area contributed by atoms with Crippen LogP contribution in [-0.4, -0.2) is 20.0 Å². The summed E-state index contributed by atoms with van der Waals surface area (Å²) in [5.74, 6) is 1.07. The second kappa shape index (κ2) is 6.09. The molecule has 0 radical (unpaired) electrons. The van der Waals surface area contributed by atoms with Crippen LogP contribution in [0, 0.1) is 6.92 Å². The lowest BCUT2D eigenvalue weighted by Crippen LogP contribution is -2.05. The Labute approximate surface area is 126 Å². The van der Waals surface area contributed by atoms with Gasteiger partial charge in [0.25, 0.3) is 0 Å². The van der Waals surface area contributed by atoms with E-state index < -0.39 is 0 Å². The molecule has 3 nitrogen and oxygen atoms in total.